The summed E-state index contributed by atoms with van der Waals surface area (Å²) in [6.45, 7) is 37.2. The normalized spacial score (nSPS) is 6.92. The maximum Gasteiger partial charge on any atom is 0 e. The topological polar surface area (TPSA) is 159 Å². The number of hydrogen-bond acceptors (Lipinski definition) is 0. The van der Waals surface area contributed by atoms with E-state index < -0.39 is 26.1 Å². The minimum atomic E-state index is -2.55. The minimum absolute atomic E-state index is 0. The van der Waals surface area contributed by atoms with Gasteiger partial charge in [-0.2, -0.15) is 22.2 Å². The predicted octanol–water partition coefficient (Wildman–Crippen LogP) is 7.57. The van der Waals surface area contributed by atoms with Crippen LogP contribution in [0.1, 0.15) is 0 Å². The smallest absolute Gasteiger partial charge is 0 e. The molecule has 0 spiro atoms. The van der Waals surface area contributed by atoms with Gasteiger partial charge in [0.2, 0.25) is 7.42 Å². The van der Waals surface area contributed by atoms with Crippen molar-refractivity contribution in [1.29, 1.82) is 0 Å². The van der Waals surface area contributed by atoms with E-state index in [2.05, 4.69) is 72.6 Å². The second kappa shape index (κ2) is 83.7. The van der Waals surface area contributed by atoms with E-state index in [4.69, 9.17) is 148 Å². The van der Waals surface area contributed by atoms with E-state index in [0.717, 1.165) is 0 Å². The van der Waals surface area contributed by atoms with Crippen molar-refractivity contribution in [3.63, 3.8) is 0 Å². The summed E-state index contributed by atoms with van der Waals surface area (Å²) in [6, 6.07) is -2.63. The molecule has 24 heteroatoms. The zero-order valence-corrected chi connectivity index (χ0v) is 32.9. The van der Waals surface area contributed by atoms with Crippen molar-refractivity contribution in [1.82, 2.24) is 0 Å². The molecule has 0 fully saturated rings. The van der Waals surface area contributed by atoms with Gasteiger partial charge in [-0.3, -0.25) is 0 Å². The van der Waals surface area contributed by atoms with Gasteiger partial charge in [0.05, 0.1) is 0 Å². The molecule has 2 radical (unpaired) electrons. The molecule has 0 bridgehead atoms. The van der Waals surface area contributed by atoms with Crippen molar-refractivity contribution in [3.05, 3.63) is 65.5 Å². The zero-order chi connectivity index (χ0) is 34.6. The van der Waals surface area contributed by atoms with E-state index in [9.17, 15) is 0 Å². The standard InChI is InChI=1S/C4H7Cl5Si2.C2H5Cl5Si2.C2H2.8CO.2Co/c1-2-10(5,6)3-4-11(7,8)9;3-8(4)1-2-9(5,6)7;9*1-2;;/h2H,1,3-4H2;8H,1-2H2;1-2H;;;;;;;;;;. The Morgan fingerprint density at radius 3 is 0.825 bits per heavy atom. The van der Waals surface area contributed by atoms with Gasteiger partial charge in [0.1, 0.15) is 0 Å². The molecule has 0 aliphatic heterocycles. The molecule has 0 rings (SSSR count). The van der Waals surface area contributed by atoms with E-state index >= 15 is 0 Å². The van der Waals surface area contributed by atoms with Crippen molar-refractivity contribution < 1.29 is 70.8 Å². The Morgan fingerprint density at radius 1 is 0.525 bits per heavy atom. The van der Waals surface area contributed by atoms with Gasteiger partial charge in [0.25, 0.3) is 6.69 Å². The fraction of sp³-hybridized carbons (Fsp3) is 0.250. The van der Waals surface area contributed by atoms with Crippen molar-refractivity contribution in [2.45, 2.75) is 24.2 Å². The Kier molecular flexibility index (Phi) is 176. The van der Waals surface area contributed by atoms with Crippen LogP contribution < -0.4 is 0 Å². The van der Waals surface area contributed by atoms with Crippen LogP contribution in [-0.2, 0) is 70.8 Å². The number of terminal acetylenes is 1. The summed E-state index contributed by atoms with van der Waals surface area (Å²) < 4.78 is 60.0. The van der Waals surface area contributed by atoms with Gasteiger partial charge < -0.3 is 0 Å². The van der Waals surface area contributed by atoms with Gasteiger partial charge in [-0.05, 0) is 24.2 Å². The van der Waals surface area contributed by atoms with Gasteiger partial charge in [-0.1, -0.05) is 5.70 Å². The summed E-state index contributed by atoms with van der Waals surface area (Å²) >= 11 is 56.4. The Hall–Kier alpha value is 2.00. The first kappa shape index (κ1) is 84.0. The molecule has 0 saturated heterocycles. The maximum absolute atomic E-state index is 7.50. The SMILES string of the molecule is C#C.C=C[Si](Cl)(Cl)CC[Si](Cl)(Cl)Cl.Cl[SiH](Cl)CC[Si](Cl)(Cl)Cl.[C-]#[O+].[C-]#[O+].[C-]#[O+].[C-]#[O+].[C-]#[O+].[C-]#[O+].[C-]#[O+].[C-]#[O+].[Co].[Co]. The molecule has 0 aliphatic carbocycles. The van der Waals surface area contributed by atoms with Crippen LogP contribution in [0.5, 0.6) is 0 Å². The summed E-state index contributed by atoms with van der Waals surface area (Å²) in [7, 11) is -1.54. The molecule has 0 N–H and O–H groups in total. The first-order valence-electron chi connectivity index (χ1n) is 7.08. The van der Waals surface area contributed by atoms with E-state index in [0.29, 0.717) is 24.2 Å². The quantitative estimate of drug-likeness (QED) is 0.0812. The molecule has 0 aromatic rings. The van der Waals surface area contributed by atoms with Crippen molar-refractivity contribution in [2.75, 3.05) is 0 Å². The van der Waals surface area contributed by atoms with Gasteiger partial charge in [0, 0.05) is 33.6 Å². The van der Waals surface area contributed by atoms with Crippen LogP contribution in [0, 0.1) is 66.0 Å². The predicted molar refractivity (Wildman–Crippen MR) is 154 cm³/mol. The second-order valence-electron chi connectivity index (χ2n) is 3.63. The Morgan fingerprint density at radius 2 is 0.725 bits per heavy atom. The van der Waals surface area contributed by atoms with Crippen LogP contribution in [0.2, 0.25) is 24.2 Å². The van der Waals surface area contributed by atoms with Crippen molar-refractivity contribution in [2.24, 2.45) is 0 Å². The monoisotopic (exact) mass is 914 g/mol. The Bertz CT molecular complexity index is 562. The molecule has 0 atom stereocenters. The molecule has 0 saturated carbocycles. The van der Waals surface area contributed by atoms with Crippen LogP contribution in [0.4, 0.5) is 0 Å². The minimum Gasteiger partial charge on any atom is 0 e. The van der Waals surface area contributed by atoms with Gasteiger partial charge >= 0.3 is 102 Å². The molecule has 0 aliphatic rings. The van der Waals surface area contributed by atoms with Crippen LogP contribution >= 0.6 is 111 Å². The summed E-state index contributed by atoms with van der Waals surface area (Å²) in [4.78, 5) is 0. The molecular formula is C16H14Cl10Co2O8Si4. The molecule has 8 nitrogen and oxygen atoms in total. The van der Waals surface area contributed by atoms with Crippen molar-refractivity contribution in [3.8, 4) is 12.8 Å². The molecular weight excluding hydrogens is 905 g/mol. The van der Waals surface area contributed by atoms with Crippen LogP contribution in [0.3, 0.4) is 0 Å². The van der Waals surface area contributed by atoms with Crippen molar-refractivity contribution >= 4 is 137 Å². The third kappa shape index (κ3) is 188. The summed E-state index contributed by atoms with van der Waals surface area (Å²) in [5.74, 6) is 0. The molecule has 0 aromatic carbocycles. The second-order valence-corrected chi connectivity index (χ2v) is 34.4. The molecule has 0 heterocycles. The summed E-state index contributed by atoms with van der Waals surface area (Å²) in [6.07, 6.45) is 8.00. The molecule has 230 valence electrons. The summed E-state index contributed by atoms with van der Waals surface area (Å²) in [5.41, 5.74) is 1.57. The van der Waals surface area contributed by atoms with Crippen LogP contribution in [0.15, 0.2) is 12.3 Å². The molecule has 40 heavy (non-hydrogen) atoms. The average Bonchev–Trinajstić information content (AvgIpc) is 2.96. The number of halogens is 10. The fourth-order valence-electron chi connectivity index (χ4n) is 0.683. The first-order valence-corrected chi connectivity index (χ1v) is 26.2. The van der Waals surface area contributed by atoms with E-state index in [1.165, 1.54) is 0 Å². The maximum atomic E-state index is 7.50. The number of rotatable bonds is 7. The average molecular weight is 919 g/mol. The zero-order valence-electron chi connectivity index (χ0n) is 19.1. The molecule has 0 unspecified atom stereocenters. The van der Waals surface area contributed by atoms with E-state index in [-0.39, 0.29) is 33.6 Å². The van der Waals surface area contributed by atoms with Gasteiger partial charge in [-0.15, -0.1) is 108 Å². The van der Waals surface area contributed by atoms with Crippen LogP contribution in [0.25, 0.3) is 0 Å². The number of hydrogen-bond donors (Lipinski definition) is 0. The Balaban J connectivity index is -0.0000000206. The largest absolute Gasteiger partial charge is 0 e. The fourth-order valence-corrected chi connectivity index (χ4v) is 14.7. The Labute approximate surface area is 306 Å². The molecule has 0 amide bonds. The van der Waals surface area contributed by atoms with E-state index in [1.54, 1.807) is 5.70 Å². The third-order valence-corrected chi connectivity index (χ3v) is 13.4. The van der Waals surface area contributed by atoms with E-state index in [1.807, 2.05) is 0 Å². The third-order valence-electron chi connectivity index (χ3n) is 1.69. The summed E-state index contributed by atoms with van der Waals surface area (Å²) in [5, 5.41) is 0. The van der Waals surface area contributed by atoms with Crippen LogP contribution in [-0.4, -0.2) is 26.1 Å². The first-order chi connectivity index (χ1) is 17.7. The molecule has 0 aromatic heterocycles. The van der Waals surface area contributed by atoms with Gasteiger partial charge in [-0.25, -0.2) is 0 Å². The van der Waals surface area contributed by atoms with Gasteiger partial charge in [0.15, 0.2) is 0 Å².